The summed E-state index contributed by atoms with van der Waals surface area (Å²) in [5.74, 6) is -1.34. The van der Waals surface area contributed by atoms with Crippen molar-refractivity contribution in [3.05, 3.63) is 23.5 Å². The van der Waals surface area contributed by atoms with E-state index < -0.39 is 18.5 Å². The molecule has 1 aliphatic rings. The lowest BCUT2D eigenvalue weighted by Crippen LogP contribution is -2.36. The first-order valence-corrected chi connectivity index (χ1v) is 8.28. The van der Waals surface area contributed by atoms with E-state index in [0.717, 1.165) is 32.1 Å². The molecule has 0 unspecified atom stereocenters. The number of hydrogen-bond donors (Lipinski definition) is 2. The van der Waals surface area contributed by atoms with E-state index in [9.17, 15) is 14.4 Å². The predicted octanol–water partition coefficient (Wildman–Crippen LogP) is 1.91. The van der Waals surface area contributed by atoms with Crippen LogP contribution in [-0.2, 0) is 19.1 Å². The molecular formula is C16H20ClN3O4. The maximum absolute atomic E-state index is 11.9. The molecule has 2 N–H and O–H groups in total. The average Bonchev–Trinajstić information content (AvgIpc) is 2.60. The number of anilines is 1. The number of ether oxygens (including phenoxy) is 1. The summed E-state index contributed by atoms with van der Waals surface area (Å²) in [7, 11) is 0. The number of carbonyl (C=O) groups is 3. The van der Waals surface area contributed by atoms with E-state index >= 15 is 0 Å². The van der Waals surface area contributed by atoms with E-state index in [1.165, 1.54) is 6.20 Å². The molecule has 0 atom stereocenters. The van der Waals surface area contributed by atoms with Crippen LogP contribution < -0.4 is 10.6 Å². The van der Waals surface area contributed by atoms with Crippen LogP contribution in [0.4, 0.5) is 5.69 Å². The van der Waals surface area contributed by atoms with E-state index in [1.54, 1.807) is 12.1 Å². The Balaban J connectivity index is 1.66. The van der Waals surface area contributed by atoms with Gasteiger partial charge in [0.25, 0.3) is 5.91 Å². The summed E-state index contributed by atoms with van der Waals surface area (Å²) in [5.41, 5.74) is 0.339. The molecule has 1 saturated carbocycles. The summed E-state index contributed by atoms with van der Waals surface area (Å²) in [6.07, 6.45) is 6.44. The Kier molecular flexibility index (Phi) is 6.99. The van der Waals surface area contributed by atoms with Crippen molar-refractivity contribution in [3.63, 3.8) is 0 Å². The van der Waals surface area contributed by atoms with Gasteiger partial charge in [-0.3, -0.25) is 14.4 Å². The molecule has 0 radical (unpaired) electrons. The number of halogens is 1. The third kappa shape index (κ3) is 5.81. The van der Waals surface area contributed by atoms with Crippen molar-refractivity contribution in [1.82, 2.24) is 10.3 Å². The topological polar surface area (TPSA) is 97.4 Å². The molecule has 1 heterocycles. The molecule has 1 fully saturated rings. The van der Waals surface area contributed by atoms with E-state index in [0.29, 0.717) is 5.69 Å². The normalized spacial score (nSPS) is 14.7. The van der Waals surface area contributed by atoms with Crippen LogP contribution in [0.25, 0.3) is 0 Å². The predicted molar refractivity (Wildman–Crippen MR) is 88.4 cm³/mol. The van der Waals surface area contributed by atoms with Crippen molar-refractivity contribution in [2.24, 2.45) is 5.92 Å². The van der Waals surface area contributed by atoms with Crippen molar-refractivity contribution >= 4 is 35.1 Å². The summed E-state index contributed by atoms with van der Waals surface area (Å²) >= 11 is 5.81. The molecule has 8 heteroatoms. The SMILES string of the molecule is O=C(COC(=O)CNC(=O)C1CCCCC1)Nc1cccnc1Cl. The number of carbonyl (C=O) groups excluding carboxylic acids is 3. The Labute approximate surface area is 145 Å². The van der Waals surface area contributed by atoms with Crippen LogP contribution >= 0.6 is 11.6 Å². The number of pyridine rings is 1. The highest BCUT2D eigenvalue weighted by molar-refractivity contribution is 6.32. The minimum Gasteiger partial charge on any atom is -0.454 e. The fraction of sp³-hybridized carbons (Fsp3) is 0.500. The van der Waals surface area contributed by atoms with Crippen LogP contribution in [0.15, 0.2) is 18.3 Å². The van der Waals surface area contributed by atoms with Crippen LogP contribution in [0.1, 0.15) is 32.1 Å². The number of nitrogens with zero attached hydrogens (tertiary/aromatic N) is 1. The van der Waals surface area contributed by atoms with Gasteiger partial charge in [-0.2, -0.15) is 0 Å². The lowest BCUT2D eigenvalue weighted by atomic mass is 9.89. The molecule has 0 bridgehead atoms. The lowest BCUT2D eigenvalue weighted by Gasteiger charge is -2.20. The van der Waals surface area contributed by atoms with Gasteiger partial charge in [0.05, 0.1) is 5.69 Å². The zero-order valence-electron chi connectivity index (χ0n) is 13.2. The van der Waals surface area contributed by atoms with Crippen molar-refractivity contribution < 1.29 is 19.1 Å². The molecule has 0 aromatic carbocycles. The zero-order chi connectivity index (χ0) is 17.4. The van der Waals surface area contributed by atoms with Crippen LogP contribution in [0, 0.1) is 5.92 Å². The average molecular weight is 354 g/mol. The largest absolute Gasteiger partial charge is 0.454 e. The van der Waals surface area contributed by atoms with Crippen molar-refractivity contribution in [2.45, 2.75) is 32.1 Å². The summed E-state index contributed by atoms with van der Waals surface area (Å²) in [6, 6.07) is 3.20. The number of amides is 2. The quantitative estimate of drug-likeness (QED) is 0.601. The molecule has 2 amide bonds. The summed E-state index contributed by atoms with van der Waals surface area (Å²) < 4.78 is 4.82. The van der Waals surface area contributed by atoms with Crippen molar-refractivity contribution in [3.8, 4) is 0 Å². The highest BCUT2D eigenvalue weighted by atomic mass is 35.5. The first-order chi connectivity index (χ1) is 11.6. The van der Waals surface area contributed by atoms with Gasteiger partial charge >= 0.3 is 5.97 Å². The van der Waals surface area contributed by atoms with Gasteiger partial charge in [0, 0.05) is 12.1 Å². The van der Waals surface area contributed by atoms with Crippen LogP contribution in [-0.4, -0.2) is 35.9 Å². The second-order valence-electron chi connectivity index (χ2n) is 5.60. The van der Waals surface area contributed by atoms with Crippen molar-refractivity contribution in [2.75, 3.05) is 18.5 Å². The molecular weight excluding hydrogens is 334 g/mol. The van der Waals surface area contributed by atoms with Gasteiger partial charge in [-0.15, -0.1) is 0 Å². The number of aromatic nitrogens is 1. The van der Waals surface area contributed by atoms with E-state index in [1.807, 2.05) is 0 Å². The second-order valence-corrected chi connectivity index (χ2v) is 5.96. The van der Waals surface area contributed by atoms with Gasteiger partial charge < -0.3 is 15.4 Å². The standard InChI is InChI=1S/C16H20ClN3O4/c17-15-12(7-4-8-18-15)20-13(21)10-24-14(22)9-19-16(23)11-5-2-1-3-6-11/h4,7-8,11H,1-3,5-6,9-10H2,(H,19,23)(H,20,21). The molecule has 1 aromatic heterocycles. The first-order valence-electron chi connectivity index (χ1n) is 7.90. The zero-order valence-corrected chi connectivity index (χ0v) is 14.0. The minimum atomic E-state index is -0.661. The Morgan fingerprint density at radius 2 is 2.00 bits per heavy atom. The fourth-order valence-electron chi connectivity index (χ4n) is 2.53. The maximum atomic E-state index is 11.9. The van der Waals surface area contributed by atoms with Crippen LogP contribution in [0.3, 0.4) is 0 Å². The highest BCUT2D eigenvalue weighted by Gasteiger charge is 2.21. The van der Waals surface area contributed by atoms with E-state index in [4.69, 9.17) is 16.3 Å². The molecule has 0 aliphatic heterocycles. The second kappa shape index (κ2) is 9.22. The molecule has 0 spiro atoms. The smallest absolute Gasteiger partial charge is 0.325 e. The van der Waals surface area contributed by atoms with Gasteiger partial charge in [-0.25, -0.2) is 4.98 Å². The Morgan fingerprint density at radius 1 is 1.25 bits per heavy atom. The van der Waals surface area contributed by atoms with E-state index in [-0.39, 0.29) is 23.5 Å². The third-order valence-corrected chi connectivity index (χ3v) is 4.08. The van der Waals surface area contributed by atoms with Gasteiger partial charge in [-0.05, 0) is 25.0 Å². The summed E-state index contributed by atoms with van der Waals surface area (Å²) in [4.78, 5) is 39.0. The molecule has 7 nitrogen and oxygen atoms in total. The van der Waals surface area contributed by atoms with Crippen LogP contribution in [0.5, 0.6) is 0 Å². The molecule has 130 valence electrons. The van der Waals surface area contributed by atoms with Gasteiger partial charge in [-0.1, -0.05) is 30.9 Å². The van der Waals surface area contributed by atoms with Crippen LogP contribution in [0.2, 0.25) is 5.15 Å². The summed E-state index contributed by atoms with van der Waals surface area (Å²) in [6.45, 7) is -0.695. The monoisotopic (exact) mass is 353 g/mol. The fourth-order valence-corrected chi connectivity index (χ4v) is 2.70. The number of hydrogen-bond acceptors (Lipinski definition) is 5. The van der Waals surface area contributed by atoms with Gasteiger partial charge in [0.2, 0.25) is 5.91 Å². The minimum absolute atomic E-state index is 0.0254. The van der Waals surface area contributed by atoms with Gasteiger partial charge in [0.15, 0.2) is 11.8 Å². The molecule has 2 rings (SSSR count). The Morgan fingerprint density at radius 3 is 2.71 bits per heavy atom. The number of rotatable bonds is 6. The summed E-state index contributed by atoms with van der Waals surface area (Å²) in [5, 5.41) is 5.19. The molecule has 0 saturated heterocycles. The number of nitrogens with one attached hydrogen (secondary N) is 2. The lowest BCUT2D eigenvalue weighted by molar-refractivity contribution is -0.147. The molecule has 1 aliphatic carbocycles. The first kappa shape index (κ1) is 18.2. The third-order valence-electron chi connectivity index (χ3n) is 3.78. The maximum Gasteiger partial charge on any atom is 0.325 e. The number of esters is 1. The van der Waals surface area contributed by atoms with Gasteiger partial charge in [0.1, 0.15) is 6.54 Å². The molecule has 24 heavy (non-hydrogen) atoms. The molecule has 1 aromatic rings. The van der Waals surface area contributed by atoms with E-state index in [2.05, 4.69) is 15.6 Å². The Bertz CT molecular complexity index is 603. The van der Waals surface area contributed by atoms with Crippen molar-refractivity contribution in [1.29, 1.82) is 0 Å². The highest BCUT2D eigenvalue weighted by Crippen LogP contribution is 2.23. The Hall–Kier alpha value is -2.15.